The minimum absolute atomic E-state index is 0.284. The monoisotopic (exact) mass is 365 g/mol. The number of aldehydes is 1. The fourth-order valence-electron chi connectivity index (χ4n) is 3.29. The van der Waals surface area contributed by atoms with E-state index in [1.54, 1.807) is 6.20 Å². The van der Waals surface area contributed by atoms with Crippen molar-refractivity contribution >= 4 is 50.5 Å². The van der Waals surface area contributed by atoms with Crippen molar-refractivity contribution in [3.8, 4) is 0 Å². The molecule has 0 saturated heterocycles. The van der Waals surface area contributed by atoms with Crippen LogP contribution in [-0.4, -0.2) is 16.3 Å². The SMILES string of the molecule is O=CC(=CNc1c2ccccc2nc2ccccc12)c1nc2ccccc2o1. The lowest BCUT2D eigenvalue weighted by molar-refractivity contribution is -0.103. The topological polar surface area (TPSA) is 68.0 Å². The highest BCUT2D eigenvalue weighted by atomic mass is 16.3. The quantitative estimate of drug-likeness (QED) is 0.270. The molecule has 0 fully saturated rings. The van der Waals surface area contributed by atoms with Gasteiger partial charge in [-0.2, -0.15) is 0 Å². The molecule has 0 radical (unpaired) electrons. The molecule has 1 N–H and O–H groups in total. The molecule has 5 rings (SSSR count). The van der Waals surface area contributed by atoms with E-state index in [0.29, 0.717) is 16.7 Å². The third kappa shape index (κ3) is 2.70. The summed E-state index contributed by atoms with van der Waals surface area (Å²) in [6, 6.07) is 23.2. The van der Waals surface area contributed by atoms with Crippen molar-refractivity contribution in [1.82, 2.24) is 9.97 Å². The number of anilines is 1. The maximum absolute atomic E-state index is 11.7. The number of oxazole rings is 1. The molecule has 0 unspecified atom stereocenters. The number of hydrogen-bond acceptors (Lipinski definition) is 5. The highest BCUT2D eigenvalue weighted by Gasteiger charge is 2.12. The highest BCUT2D eigenvalue weighted by molar-refractivity contribution is 6.10. The number of nitrogens with one attached hydrogen (secondary N) is 1. The van der Waals surface area contributed by atoms with Gasteiger partial charge in [-0.05, 0) is 24.3 Å². The lowest BCUT2D eigenvalue weighted by Crippen LogP contribution is -1.97. The lowest BCUT2D eigenvalue weighted by Gasteiger charge is -2.10. The van der Waals surface area contributed by atoms with Gasteiger partial charge in [-0.3, -0.25) is 4.79 Å². The summed E-state index contributed by atoms with van der Waals surface area (Å²) in [5.74, 6) is 0.284. The summed E-state index contributed by atoms with van der Waals surface area (Å²) in [5, 5.41) is 5.24. The average Bonchev–Trinajstić information content (AvgIpc) is 3.17. The average molecular weight is 365 g/mol. The van der Waals surface area contributed by atoms with Gasteiger partial charge in [0.25, 0.3) is 0 Å². The van der Waals surface area contributed by atoms with Crippen molar-refractivity contribution in [2.24, 2.45) is 0 Å². The molecular weight excluding hydrogens is 350 g/mol. The van der Waals surface area contributed by atoms with E-state index in [-0.39, 0.29) is 5.89 Å². The van der Waals surface area contributed by atoms with Gasteiger partial charge in [0, 0.05) is 17.0 Å². The summed E-state index contributed by atoms with van der Waals surface area (Å²) in [4.78, 5) is 20.8. The number of allylic oxidation sites excluding steroid dienone is 1. The lowest BCUT2D eigenvalue weighted by atomic mass is 10.1. The molecule has 0 amide bonds. The van der Waals surface area contributed by atoms with Gasteiger partial charge in [0.05, 0.1) is 22.3 Å². The van der Waals surface area contributed by atoms with Crippen molar-refractivity contribution < 1.29 is 9.21 Å². The molecule has 0 aliphatic rings. The van der Waals surface area contributed by atoms with Crippen molar-refractivity contribution in [2.75, 3.05) is 5.32 Å². The predicted octanol–water partition coefficient (Wildman–Crippen LogP) is 5.18. The molecule has 0 aliphatic carbocycles. The molecule has 5 nitrogen and oxygen atoms in total. The van der Waals surface area contributed by atoms with Crippen LogP contribution in [0.15, 0.2) is 83.4 Å². The van der Waals surface area contributed by atoms with E-state index >= 15 is 0 Å². The first kappa shape index (κ1) is 16.2. The fourth-order valence-corrected chi connectivity index (χ4v) is 3.29. The largest absolute Gasteiger partial charge is 0.436 e. The Balaban J connectivity index is 1.64. The fraction of sp³-hybridized carbons (Fsp3) is 0. The normalized spacial score (nSPS) is 11.9. The zero-order valence-electron chi connectivity index (χ0n) is 14.8. The van der Waals surface area contributed by atoms with Gasteiger partial charge >= 0.3 is 0 Å². The molecule has 2 heterocycles. The summed E-state index contributed by atoms with van der Waals surface area (Å²) < 4.78 is 5.72. The minimum atomic E-state index is 0.284. The number of hydrogen-bond donors (Lipinski definition) is 1. The van der Waals surface area contributed by atoms with Gasteiger partial charge in [-0.1, -0.05) is 48.5 Å². The van der Waals surface area contributed by atoms with Gasteiger partial charge < -0.3 is 9.73 Å². The summed E-state index contributed by atoms with van der Waals surface area (Å²) in [6.07, 6.45) is 2.37. The number of nitrogens with zero attached hydrogens (tertiary/aromatic N) is 2. The molecule has 3 aromatic carbocycles. The van der Waals surface area contributed by atoms with Crippen LogP contribution in [0.25, 0.3) is 38.5 Å². The Kier molecular flexibility index (Phi) is 3.84. The first-order valence-electron chi connectivity index (χ1n) is 8.89. The maximum Gasteiger partial charge on any atom is 0.232 e. The molecular formula is C23H15N3O2. The van der Waals surface area contributed by atoms with Gasteiger partial charge in [0.15, 0.2) is 11.9 Å². The third-order valence-corrected chi connectivity index (χ3v) is 4.63. The molecule has 5 aromatic rings. The molecule has 2 aromatic heterocycles. The first-order valence-corrected chi connectivity index (χ1v) is 8.89. The Hall–Kier alpha value is -3.99. The van der Waals surface area contributed by atoms with Gasteiger partial charge in [0.1, 0.15) is 5.52 Å². The molecule has 5 heteroatoms. The third-order valence-electron chi connectivity index (χ3n) is 4.63. The Labute approximate surface area is 160 Å². The van der Waals surface area contributed by atoms with E-state index in [1.165, 1.54) is 0 Å². The number of benzene rings is 3. The standard InChI is InChI=1S/C23H15N3O2/c27-14-15(23-26-20-11-5-6-12-21(20)28-23)13-24-22-16-7-1-3-9-18(16)25-19-10-4-2-8-17(19)22/h1-14H,(H,24,25). The van der Waals surface area contributed by atoms with E-state index in [4.69, 9.17) is 9.40 Å². The van der Waals surface area contributed by atoms with Crippen molar-refractivity contribution in [3.05, 3.63) is 84.9 Å². The molecule has 134 valence electrons. The van der Waals surface area contributed by atoms with Gasteiger partial charge in [0.2, 0.25) is 5.89 Å². The van der Waals surface area contributed by atoms with E-state index < -0.39 is 0 Å². The smallest absolute Gasteiger partial charge is 0.232 e. The molecule has 0 aliphatic heterocycles. The Morgan fingerprint density at radius 3 is 2.04 bits per heavy atom. The van der Waals surface area contributed by atoms with Crippen LogP contribution in [0.1, 0.15) is 5.89 Å². The highest BCUT2D eigenvalue weighted by Crippen LogP contribution is 2.31. The van der Waals surface area contributed by atoms with Crippen LogP contribution in [-0.2, 0) is 4.79 Å². The second-order valence-electron chi connectivity index (χ2n) is 6.37. The zero-order chi connectivity index (χ0) is 18.9. The zero-order valence-corrected chi connectivity index (χ0v) is 14.8. The van der Waals surface area contributed by atoms with Crippen LogP contribution in [0.2, 0.25) is 0 Å². The van der Waals surface area contributed by atoms with Crippen LogP contribution in [0.4, 0.5) is 5.69 Å². The van der Waals surface area contributed by atoms with Crippen molar-refractivity contribution in [1.29, 1.82) is 0 Å². The molecule has 0 spiro atoms. The summed E-state index contributed by atoms with van der Waals surface area (Å²) in [5.41, 5.74) is 4.34. The number of aromatic nitrogens is 2. The number of para-hydroxylation sites is 4. The second kappa shape index (κ2) is 6.63. The number of fused-ring (bicyclic) bond motifs is 3. The van der Waals surface area contributed by atoms with Crippen molar-refractivity contribution in [2.45, 2.75) is 0 Å². The summed E-state index contributed by atoms with van der Waals surface area (Å²) in [7, 11) is 0. The van der Waals surface area contributed by atoms with E-state index in [9.17, 15) is 4.79 Å². The number of rotatable bonds is 4. The molecule has 0 bridgehead atoms. The number of carbonyl (C=O) groups is 1. The van der Waals surface area contributed by atoms with E-state index in [2.05, 4.69) is 10.3 Å². The van der Waals surface area contributed by atoms with E-state index in [0.717, 1.165) is 33.8 Å². The van der Waals surface area contributed by atoms with Gasteiger partial charge in [-0.25, -0.2) is 9.97 Å². The molecule has 28 heavy (non-hydrogen) atoms. The summed E-state index contributed by atoms with van der Waals surface area (Å²) >= 11 is 0. The van der Waals surface area contributed by atoms with Crippen LogP contribution >= 0.6 is 0 Å². The molecule has 0 atom stereocenters. The van der Waals surface area contributed by atoms with Crippen LogP contribution in [0.3, 0.4) is 0 Å². The van der Waals surface area contributed by atoms with Crippen molar-refractivity contribution in [3.63, 3.8) is 0 Å². The molecule has 0 saturated carbocycles. The second-order valence-corrected chi connectivity index (χ2v) is 6.37. The van der Waals surface area contributed by atoms with Gasteiger partial charge in [-0.15, -0.1) is 0 Å². The Morgan fingerprint density at radius 1 is 0.786 bits per heavy atom. The Morgan fingerprint density at radius 2 is 1.39 bits per heavy atom. The first-order chi connectivity index (χ1) is 13.8. The van der Waals surface area contributed by atoms with Crippen LogP contribution < -0.4 is 5.32 Å². The Bertz CT molecular complexity index is 1280. The number of carbonyl (C=O) groups excluding carboxylic acids is 1. The van der Waals surface area contributed by atoms with E-state index in [1.807, 2.05) is 72.8 Å². The van der Waals surface area contributed by atoms with Crippen LogP contribution in [0.5, 0.6) is 0 Å². The maximum atomic E-state index is 11.7. The minimum Gasteiger partial charge on any atom is -0.436 e. The summed E-state index contributed by atoms with van der Waals surface area (Å²) in [6.45, 7) is 0. The predicted molar refractivity (Wildman–Crippen MR) is 111 cm³/mol. The van der Waals surface area contributed by atoms with Crippen LogP contribution in [0, 0.1) is 0 Å². The number of pyridine rings is 1.